The van der Waals surface area contributed by atoms with Crippen LogP contribution in [0.25, 0.3) is 33.5 Å². The molecule has 5 aromatic rings. The van der Waals surface area contributed by atoms with Crippen LogP contribution in [0.3, 0.4) is 0 Å². The lowest BCUT2D eigenvalue weighted by Crippen LogP contribution is -2.01. The van der Waals surface area contributed by atoms with Crippen molar-refractivity contribution in [3.8, 4) is 17.6 Å². The number of rotatable bonds is 7. The molecule has 6 heteroatoms. The normalized spacial score (nSPS) is 11.5. The first kappa shape index (κ1) is 22.7. The Morgan fingerprint density at radius 3 is 2.66 bits per heavy atom. The molecule has 35 heavy (non-hydrogen) atoms. The minimum atomic E-state index is 0.400. The van der Waals surface area contributed by atoms with Crippen LogP contribution in [0.5, 0.6) is 11.5 Å². The standard InChI is InChI=1S/C29H22BrN3O2/c1-2-34-27-16-19(14-22(17-31)29-32-25-12-5-6-13-26(25)33-29)15-24(30)28(27)35-18-21-10-7-9-20-8-3-4-11-23(20)21/h3-16H,2,18H2,1H3,(H,32,33)/b22-14+. The quantitative estimate of drug-likeness (QED) is 0.224. The number of aromatic amines is 1. The van der Waals surface area contributed by atoms with E-state index in [2.05, 4.69) is 56.2 Å². The van der Waals surface area contributed by atoms with E-state index in [1.54, 1.807) is 6.08 Å². The van der Waals surface area contributed by atoms with Crippen LogP contribution < -0.4 is 9.47 Å². The predicted octanol–water partition coefficient (Wildman–Crippen LogP) is 7.52. The first-order valence-electron chi connectivity index (χ1n) is 11.3. The van der Waals surface area contributed by atoms with Crippen LogP contribution in [0.4, 0.5) is 0 Å². The number of allylic oxidation sites excluding steroid dienone is 1. The average molecular weight is 524 g/mol. The van der Waals surface area contributed by atoms with Gasteiger partial charge in [-0.25, -0.2) is 4.98 Å². The van der Waals surface area contributed by atoms with Gasteiger partial charge in [-0.1, -0.05) is 54.6 Å². The Balaban J connectivity index is 1.47. The summed E-state index contributed by atoms with van der Waals surface area (Å²) in [6.45, 7) is 2.82. The summed E-state index contributed by atoms with van der Waals surface area (Å²) in [5.74, 6) is 1.76. The van der Waals surface area contributed by atoms with Gasteiger partial charge in [-0.3, -0.25) is 0 Å². The fourth-order valence-corrected chi connectivity index (χ4v) is 4.62. The van der Waals surface area contributed by atoms with Crippen molar-refractivity contribution in [2.45, 2.75) is 13.5 Å². The minimum absolute atomic E-state index is 0.400. The van der Waals surface area contributed by atoms with Crippen molar-refractivity contribution in [3.05, 3.63) is 100 Å². The number of hydrogen-bond donors (Lipinski definition) is 1. The number of fused-ring (bicyclic) bond motifs is 2. The molecule has 0 aliphatic rings. The Bertz CT molecular complexity index is 1560. The van der Waals surface area contributed by atoms with Gasteiger partial charge >= 0.3 is 0 Å². The molecule has 1 N–H and O–H groups in total. The largest absolute Gasteiger partial charge is 0.490 e. The topological polar surface area (TPSA) is 70.9 Å². The Labute approximate surface area is 211 Å². The van der Waals surface area contributed by atoms with E-state index in [4.69, 9.17) is 9.47 Å². The van der Waals surface area contributed by atoms with Gasteiger partial charge in [0, 0.05) is 0 Å². The third-order valence-electron chi connectivity index (χ3n) is 5.66. The first-order chi connectivity index (χ1) is 17.2. The molecule has 0 saturated carbocycles. The SMILES string of the molecule is CCOc1cc(/C=C(\C#N)c2nc3ccccc3[nH]2)cc(Br)c1OCc1cccc2ccccc12. The smallest absolute Gasteiger partial charge is 0.175 e. The fourth-order valence-electron chi connectivity index (χ4n) is 4.04. The van der Waals surface area contributed by atoms with E-state index in [0.717, 1.165) is 32.0 Å². The predicted molar refractivity (Wildman–Crippen MR) is 143 cm³/mol. The summed E-state index contributed by atoms with van der Waals surface area (Å²) >= 11 is 3.65. The number of imidazole rings is 1. The van der Waals surface area contributed by atoms with E-state index in [0.29, 0.717) is 36.1 Å². The number of nitriles is 1. The Kier molecular flexibility index (Phi) is 6.51. The summed E-state index contributed by atoms with van der Waals surface area (Å²) in [4.78, 5) is 7.77. The summed E-state index contributed by atoms with van der Waals surface area (Å²) in [5.41, 5.74) is 4.03. The van der Waals surface area contributed by atoms with Crippen molar-refractivity contribution in [3.63, 3.8) is 0 Å². The van der Waals surface area contributed by atoms with Crippen molar-refractivity contribution in [2.24, 2.45) is 0 Å². The molecule has 0 saturated heterocycles. The first-order valence-corrected chi connectivity index (χ1v) is 12.1. The van der Waals surface area contributed by atoms with Crippen LogP contribution in [0.2, 0.25) is 0 Å². The summed E-state index contributed by atoms with van der Waals surface area (Å²) in [6.07, 6.45) is 1.79. The van der Waals surface area contributed by atoms with Gasteiger partial charge in [0.2, 0.25) is 0 Å². The molecule has 0 atom stereocenters. The highest BCUT2D eigenvalue weighted by atomic mass is 79.9. The number of halogens is 1. The van der Waals surface area contributed by atoms with Crippen LogP contribution in [0, 0.1) is 11.3 Å². The maximum absolute atomic E-state index is 9.81. The van der Waals surface area contributed by atoms with Gasteiger partial charge in [-0.15, -0.1) is 0 Å². The molecule has 0 aliphatic heterocycles. The van der Waals surface area contributed by atoms with Crippen molar-refractivity contribution >= 4 is 49.4 Å². The molecule has 0 amide bonds. The molecule has 5 rings (SSSR count). The van der Waals surface area contributed by atoms with E-state index in [-0.39, 0.29) is 0 Å². The van der Waals surface area contributed by atoms with Crippen LogP contribution in [-0.2, 0) is 6.61 Å². The number of para-hydroxylation sites is 2. The second-order valence-electron chi connectivity index (χ2n) is 7.96. The summed E-state index contributed by atoms with van der Waals surface area (Å²) in [6, 6.07) is 28.2. The summed E-state index contributed by atoms with van der Waals surface area (Å²) < 4.78 is 12.9. The molecule has 0 fully saturated rings. The minimum Gasteiger partial charge on any atom is -0.490 e. The van der Waals surface area contributed by atoms with E-state index in [9.17, 15) is 5.26 Å². The molecule has 1 aromatic heterocycles. The lowest BCUT2D eigenvalue weighted by molar-refractivity contribution is 0.268. The maximum Gasteiger partial charge on any atom is 0.175 e. The lowest BCUT2D eigenvalue weighted by Gasteiger charge is -2.15. The fraction of sp³-hybridized carbons (Fsp3) is 0.103. The number of benzene rings is 4. The van der Waals surface area contributed by atoms with Crippen LogP contribution in [-0.4, -0.2) is 16.6 Å². The third-order valence-corrected chi connectivity index (χ3v) is 6.25. The zero-order valence-corrected chi connectivity index (χ0v) is 20.7. The highest BCUT2D eigenvalue weighted by Gasteiger charge is 2.14. The molecule has 172 valence electrons. The molecule has 4 aromatic carbocycles. The van der Waals surface area contributed by atoms with Crippen LogP contribution >= 0.6 is 15.9 Å². The van der Waals surface area contributed by atoms with E-state index < -0.39 is 0 Å². The number of H-pyrrole nitrogens is 1. The van der Waals surface area contributed by atoms with Crippen LogP contribution in [0.15, 0.2) is 83.3 Å². The van der Waals surface area contributed by atoms with Gasteiger partial charge in [0.25, 0.3) is 0 Å². The third kappa shape index (κ3) is 4.77. The number of nitrogens with zero attached hydrogens (tertiary/aromatic N) is 2. The second-order valence-corrected chi connectivity index (χ2v) is 8.82. The van der Waals surface area contributed by atoms with E-state index in [1.165, 1.54) is 5.39 Å². The van der Waals surface area contributed by atoms with Gasteiger partial charge in [-0.05, 0) is 75.1 Å². The number of ether oxygens (including phenoxy) is 2. The molecule has 0 radical (unpaired) electrons. The number of aromatic nitrogens is 2. The van der Waals surface area contributed by atoms with Crippen molar-refractivity contribution in [1.82, 2.24) is 9.97 Å². The molecule has 0 bridgehead atoms. The molecule has 0 unspecified atom stereocenters. The van der Waals surface area contributed by atoms with Crippen molar-refractivity contribution < 1.29 is 9.47 Å². The van der Waals surface area contributed by atoms with Crippen molar-refractivity contribution in [2.75, 3.05) is 6.61 Å². The maximum atomic E-state index is 9.81. The van der Waals surface area contributed by atoms with Crippen molar-refractivity contribution in [1.29, 1.82) is 5.26 Å². The zero-order chi connectivity index (χ0) is 24.2. The molecule has 5 nitrogen and oxygen atoms in total. The molecule has 1 heterocycles. The zero-order valence-electron chi connectivity index (χ0n) is 19.1. The van der Waals surface area contributed by atoms with E-state index >= 15 is 0 Å². The Hall–Kier alpha value is -4.08. The lowest BCUT2D eigenvalue weighted by atomic mass is 10.1. The van der Waals surface area contributed by atoms with Crippen LogP contribution in [0.1, 0.15) is 23.9 Å². The highest BCUT2D eigenvalue weighted by Crippen LogP contribution is 2.38. The average Bonchev–Trinajstić information content (AvgIpc) is 3.31. The molecule has 0 spiro atoms. The van der Waals surface area contributed by atoms with E-state index in [1.807, 2.05) is 61.5 Å². The van der Waals surface area contributed by atoms with Gasteiger partial charge < -0.3 is 14.5 Å². The van der Waals surface area contributed by atoms with Gasteiger partial charge in [-0.2, -0.15) is 5.26 Å². The molecular weight excluding hydrogens is 502 g/mol. The Morgan fingerprint density at radius 2 is 1.83 bits per heavy atom. The highest BCUT2D eigenvalue weighted by molar-refractivity contribution is 9.10. The monoisotopic (exact) mass is 523 g/mol. The van der Waals surface area contributed by atoms with Gasteiger partial charge in [0.05, 0.1) is 27.7 Å². The number of nitrogens with one attached hydrogen (secondary N) is 1. The number of hydrogen-bond acceptors (Lipinski definition) is 4. The summed E-state index contributed by atoms with van der Waals surface area (Å²) in [7, 11) is 0. The molecular formula is C29H22BrN3O2. The van der Waals surface area contributed by atoms with Gasteiger partial charge in [0.1, 0.15) is 18.5 Å². The van der Waals surface area contributed by atoms with Gasteiger partial charge in [0.15, 0.2) is 11.5 Å². The molecule has 0 aliphatic carbocycles. The summed E-state index contributed by atoms with van der Waals surface area (Å²) in [5, 5.41) is 12.1. The second kappa shape index (κ2) is 10.0. The Morgan fingerprint density at radius 1 is 1.03 bits per heavy atom.